The highest BCUT2D eigenvalue weighted by atomic mass is 19.1. The summed E-state index contributed by atoms with van der Waals surface area (Å²) in [6, 6.07) is 5.81. The van der Waals surface area contributed by atoms with Crippen molar-refractivity contribution >= 4 is 17.7 Å². The predicted octanol–water partition coefficient (Wildman–Crippen LogP) is 3.28. The molecule has 3 aromatic rings. The van der Waals surface area contributed by atoms with Gasteiger partial charge in [0.25, 0.3) is 5.91 Å². The number of hydrogen-bond acceptors (Lipinski definition) is 6. The van der Waals surface area contributed by atoms with Gasteiger partial charge in [-0.25, -0.2) is 9.37 Å². The summed E-state index contributed by atoms with van der Waals surface area (Å²) in [5.41, 5.74) is 1.43. The lowest BCUT2D eigenvalue weighted by Crippen LogP contribution is -2.51. The van der Waals surface area contributed by atoms with Crippen molar-refractivity contribution < 1.29 is 23.3 Å². The van der Waals surface area contributed by atoms with Crippen LogP contribution in [0.25, 0.3) is 11.3 Å². The summed E-state index contributed by atoms with van der Waals surface area (Å²) in [4.78, 5) is 48.4. The monoisotopic (exact) mass is 510 g/mol. The number of aromatic amines is 1. The van der Waals surface area contributed by atoms with Crippen molar-refractivity contribution in [3.8, 4) is 11.3 Å². The first-order chi connectivity index (χ1) is 17.7. The van der Waals surface area contributed by atoms with Gasteiger partial charge < -0.3 is 25.0 Å². The SMILES string of the molecule is Cc1cc(C(=O)NC(CC(=O)N2CCCCC2C)C(=O)N[C@@H](C)c2ncc(-c3ccc(F)cc3)[nH]2)no1. The van der Waals surface area contributed by atoms with E-state index in [9.17, 15) is 18.8 Å². The summed E-state index contributed by atoms with van der Waals surface area (Å²) in [6.45, 7) is 6.00. The van der Waals surface area contributed by atoms with Gasteiger partial charge in [0.05, 0.1) is 24.4 Å². The van der Waals surface area contributed by atoms with Gasteiger partial charge in [-0.1, -0.05) is 5.16 Å². The molecule has 2 unspecified atom stereocenters. The highest BCUT2D eigenvalue weighted by molar-refractivity contribution is 5.97. The first-order valence-corrected chi connectivity index (χ1v) is 12.4. The molecular formula is C26H31FN6O4. The number of halogens is 1. The number of imidazole rings is 1. The van der Waals surface area contributed by atoms with Crippen LogP contribution in [-0.4, -0.2) is 56.4 Å². The number of piperidine rings is 1. The molecule has 10 nitrogen and oxygen atoms in total. The molecule has 1 aliphatic rings. The molecule has 196 valence electrons. The minimum Gasteiger partial charge on any atom is -0.361 e. The summed E-state index contributed by atoms with van der Waals surface area (Å²) >= 11 is 0. The molecule has 1 saturated heterocycles. The van der Waals surface area contributed by atoms with Crippen molar-refractivity contribution in [3.05, 3.63) is 59.6 Å². The number of nitrogens with one attached hydrogen (secondary N) is 3. The zero-order valence-electron chi connectivity index (χ0n) is 21.1. The van der Waals surface area contributed by atoms with Crippen molar-refractivity contribution in [2.24, 2.45) is 0 Å². The second kappa shape index (κ2) is 11.4. The maximum Gasteiger partial charge on any atom is 0.274 e. The third-order valence-corrected chi connectivity index (χ3v) is 6.50. The van der Waals surface area contributed by atoms with E-state index in [1.165, 1.54) is 18.2 Å². The average molecular weight is 511 g/mol. The van der Waals surface area contributed by atoms with Crippen LogP contribution in [0, 0.1) is 12.7 Å². The fourth-order valence-electron chi connectivity index (χ4n) is 4.39. The third-order valence-electron chi connectivity index (χ3n) is 6.50. The Morgan fingerprint density at radius 1 is 1.22 bits per heavy atom. The molecule has 3 amide bonds. The number of carbonyl (C=O) groups is 3. The molecule has 3 heterocycles. The van der Waals surface area contributed by atoms with Crippen molar-refractivity contribution in [3.63, 3.8) is 0 Å². The van der Waals surface area contributed by atoms with Gasteiger partial charge in [-0.05, 0) is 69.9 Å². The Hall–Kier alpha value is -4.02. The van der Waals surface area contributed by atoms with E-state index in [2.05, 4.69) is 25.8 Å². The van der Waals surface area contributed by atoms with Gasteiger partial charge >= 0.3 is 0 Å². The number of H-pyrrole nitrogens is 1. The summed E-state index contributed by atoms with van der Waals surface area (Å²) in [5.74, 6) is -0.757. The van der Waals surface area contributed by atoms with Gasteiger partial charge in [0.15, 0.2) is 5.69 Å². The smallest absolute Gasteiger partial charge is 0.274 e. The fourth-order valence-corrected chi connectivity index (χ4v) is 4.39. The predicted molar refractivity (Wildman–Crippen MR) is 133 cm³/mol. The van der Waals surface area contributed by atoms with Crippen molar-refractivity contribution in [2.75, 3.05) is 6.54 Å². The summed E-state index contributed by atoms with van der Waals surface area (Å²) in [6.07, 6.45) is 4.27. The Kier molecular flexibility index (Phi) is 8.00. The number of rotatable bonds is 8. The van der Waals surface area contributed by atoms with E-state index in [0.717, 1.165) is 24.8 Å². The molecule has 11 heteroatoms. The van der Waals surface area contributed by atoms with Crippen LogP contribution in [0.2, 0.25) is 0 Å². The molecule has 1 fully saturated rings. The van der Waals surface area contributed by atoms with Crippen LogP contribution >= 0.6 is 0 Å². The molecule has 1 aliphatic heterocycles. The highest BCUT2D eigenvalue weighted by Gasteiger charge is 2.31. The molecular weight excluding hydrogens is 479 g/mol. The van der Waals surface area contributed by atoms with Gasteiger partial charge in [0, 0.05) is 18.7 Å². The lowest BCUT2D eigenvalue weighted by molar-refractivity contribution is -0.137. The quantitative estimate of drug-likeness (QED) is 0.426. The van der Waals surface area contributed by atoms with Gasteiger partial charge in [-0.2, -0.15) is 0 Å². The first-order valence-electron chi connectivity index (χ1n) is 12.4. The van der Waals surface area contributed by atoms with Crippen LogP contribution in [-0.2, 0) is 9.59 Å². The van der Waals surface area contributed by atoms with E-state index in [1.807, 2.05) is 6.92 Å². The van der Waals surface area contributed by atoms with E-state index >= 15 is 0 Å². The fraction of sp³-hybridized carbons (Fsp3) is 0.423. The van der Waals surface area contributed by atoms with Crippen LogP contribution in [0.4, 0.5) is 4.39 Å². The van der Waals surface area contributed by atoms with Crippen LogP contribution in [0.1, 0.15) is 67.6 Å². The Balaban J connectivity index is 1.47. The molecule has 3 N–H and O–H groups in total. The zero-order chi connectivity index (χ0) is 26.5. The summed E-state index contributed by atoms with van der Waals surface area (Å²) in [5, 5.41) is 9.17. The van der Waals surface area contributed by atoms with E-state index < -0.39 is 23.9 Å². The number of nitrogens with zero attached hydrogens (tertiary/aromatic N) is 3. The number of likely N-dealkylation sites (tertiary alicyclic amines) is 1. The molecule has 0 radical (unpaired) electrons. The maximum atomic E-state index is 13.3. The topological polar surface area (TPSA) is 133 Å². The molecule has 3 atom stereocenters. The van der Waals surface area contributed by atoms with E-state index in [0.29, 0.717) is 23.8 Å². The molecule has 4 rings (SSSR count). The Bertz CT molecular complexity index is 1250. The van der Waals surface area contributed by atoms with Gasteiger partial charge in [-0.15, -0.1) is 0 Å². The average Bonchev–Trinajstić information content (AvgIpc) is 3.54. The Morgan fingerprint density at radius 2 is 1.97 bits per heavy atom. The van der Waals surface area contributed by atoms with Crippen molar-refractivity contribution in [1.29, 1.82) is 0 Å². The first kappa shape index (κ1) is 26.1. The molecule has 0 bridgehead atoms. The van der Waals surface area contributed by atoms with Gasteiger partial charge in [0.2, 0.25) is 11.8 Å². The number of carbonyl (C=O) groups excluding carboxylic acids is 3. The minimum atomic E-state index is -1.12. The highest BCUT2D eigenvalue weighted by Crippen LogP contribution is 2.21. The van der Waals surface area contributed by atoms with Gasteiger partial charge in [-0.3, -0.25) is 14.4 Å². The van der Waals surface area contributed by atoms with E-state index in [1.54, 1.807) is 37.1 Å². The zero-order valence-corrected chi connectivity index (χ0v) is 21.1. The van der Waals surface area contributed by atoms with Crippen molar-refractivity contribution in [1.82, 2.24) is 30.7 Å². The minimum absolute atomic E-state index is 0.0251. The molecule has 0 spiro atoms. The second-order valence-electron chi connectivity index (χ2n) is 9.40. The van der Waals surface area contributed by atoms with Crippen molar-refractivity contribution in [2.45, 2.75) is 64.6 Å². The molecule has 0 aliphatic carbocycles. The molecule has 37 heavy (non-hydrogen) atoms. The molecule has 0 saturated carbocycles. The number of aryl methyl sites for hydroxylation is 1. The Morgan fingerprint density at radius 3 is 2.65 bits per heavy atom. The third kappa shape index (κ3) is 6.41. The lowest BCUT2D eigenvalue weighted by Gasteiger charge is -2.34. The Labute approximate surface area is 214 Å². The maximum absolute atomic E-state index is 13.3. The van der Waals surface area contributed by atoms with E-state index in [4.69, 9.17) is 4.52 Å². The van der Waals surface area contributed by atoms with Crippen LogP contribution < -0.4 is 10.6 Å². The molecule has 1 aromatic carbocycles. The number of amides is 3. The number of benzene rings is 1. The standard InChI is InChI=1S/C26H31FN6O4/c1-15-6-4-5-11-33(15)23(34)13-20(31-26(36)21-12-16(2)37-32-21)25(35)29-17(3)24-28-14-22(30-24)18-7-9-19(27)10-8-18/h7-10,12,14-15,17,20H,4-6,11,13H2,1-3H3,(H,28,30)(H,29,35)(H,31,36)/t15?,17-,20?/m0/s1. The largest absolute Gasteiger partial charge is 0.361 e. The molecule has 2 aromatic heterocycles. The van der Waals surface area contributed by atoms with E-state index in [-0.39, 0.29) is 29.9 Å². The summed E-state index contributed by atoms with van der Waals surface area (Å²) in [7, 11) is 0. The van der Waals surface area contributed by atoms with Crippen LogP contribution in [0.15, 0.2) is 41.1 Å². The number of aromatic nitrogens is 3. The second-order valence-corrected chi connectivity index (χ2v) is 9.40. The normalized spacial score (nSPS) is 17.2. The van der Waals surface area contributed by atoms with Crippen LogP contribution in [0.3, 0.4) is 0 Å². The van der Waals surface area contributed by atoms with Crippen LogP contribution in [0.5, 0.6) is 0 Å². The lowest BCUT2D eigenvalue weighted by atomic mass is 10.0. The summed E-state index contributed by atoms with van der Waals surface area (Å²) < 4.78 is 18.2. The number of hydrogen-bond donors (Lipinski definition) is 3. The van der Waals surface area contributed by atoms with Gasteiger partial charge in [0.1, 0.15) is 23.4 Å².